The van der Waals surface area contributed by atoms with Crippen LogP contribution in [0.25, 0.3) is 0 Å². The first-order valence-electron chi connectivity index (χ1n) is 9.45. The summed E-state index contributed by atoms with van der Waals surface area (Å²) >= 11 is 0. The SMILES string of the molecule is O=C1CC(C(=O)N[C@@H](c2ccc(C(F)(F)F)c(F)c2)C2CC2)NC(C2CC2)N1. The van der Waals surface area contributed by atoms with E-state index in [9.17, 15) is 27.2 Å². The molecule has 2 unspecified atom stereocenters. The fraction of sp³-hybridized carbons (Fsp3) is 0.579. The van der Waals surface area contributed by atoms with Gasteiger partial charge in [-0.15, -0.1) is 0 Å². The highest BCUT2D eigenvalue weighted by atomic mass is 19.4. The molecule has 152 valence electrons. The van der Waals surface area contributed by atoms with Crippen molar-refractivity contribution in [1.29, 1.82) is 0 Å². The molecule has 3 fully saturated rings. The molecule has 2 saturated carbocycles. The molecule has 3 N–H and O–H groups in total. The first kappa shape index (κ1) is 19.2. The fourth-order valence-corrected chi connectivity index (χ4v) is 3.70. The van der Waals surface area contributed by atoms with E-state index in [1.54, 1.807) is 0 Å². The summed E-state index contributed by atoms with van der Waals surface area (Å²) in [4.78, 5) is 24.6. The van der Waals surface area contributed by atoms with Crippen molar-refractivity contribution in [3.63, 3.8) is 0 Å². The molecule has 0 spiro atoms. The molecule has 28 heavy (non-hydrogen) atoms. The monoisotopic (exact) mass is 399 g/mol. The maximum absolute atomic E-state index is 14.0. The standard InChI is InChI=1S/C19H21F4N3O2/c20-13-7-11(5-6-12(13)19(21,22)23)16(9-1-2-9)26-18(28)14-8-15(27)25-17(24-14)10-3-4-10/h5-7,9-10,14,16-17,24H,1-4,8H2,(H,25,27)(H,26,28)/t14?,16-,17?/m1/s1. The van der Waals surface area contributed by atoms with Gasteiger partial charge < -0.3 is 10.6 Å². The minimum absolute atomic E-state index is 0.00614. The Morgan fingerprint density at radius 1 is 1.18 bits per heavy atom. The Morgan fingerprint density at radius 2 is 1.89 bits per heavy atom. The number of benzene rings is 1. The molecule has 1 saturated heterocycles. The minimum atomic E-state index is -4.77. The Bertz CT molecular complexity index is 790. The summed E-state index contributed by atoms with van der Waals surface area (Å²) in [6.07, 6.45) is -1.43. The number of hydrogen-bond acceptors (Lipinski definition) is 3. The normalized spacial score (nSPS) is 26.5. The molecular formula is C19H21F4N3O2. The maximum Gasteiger partial charge on any atom is 0.419 e. The van der Waals surface area contributed by atoms with E-state index in [-0.39, 0.29) is 24.4 Å². The Morgan fingerprint density at radius 3 is 2.46 bits per heavy atom. The zero-order valence-electron chi connectivity index (χ0n) is 15.0. The van der Waals surface area contributed by atoms with E-state index >= 15 is 0 Å². The molecule has 1 aliphatic heterocycles. The molecule has 2 amide bonds. The van der Waals surface area contributed by atoms with Crippen LogP contribution in [-0.4, -0.2) is 24.0 Å². The van der Waals surface area contributed by atoms with Crippen molar-refractivity contribution in [2.75, 3.05) is 0 Å². The van der Waals surface area contributed by atoms with Crippen LogP contribution in [0.15, 0.2) is 18.2 Å². The van der Waals surface area contributed by atoms with Crippen LogP contribution in [0, 0.1) is 17.7 Å². The van der Waals surface area contributed by atoms with Gasteiger partial charge >= 0.3 is 6.18 Å². The van der Waals surface area contributed by atoms with Gasteiger partial charge in [-0.3, -0.25) is 14.9 Å². The smallest absolute Gasteiger partial charge is 0.348 e. The third-order valence-electron chi connectivity index (χ3n) is 5.55. The molecule has 1 aromatic carbocycles. The van der Waals surface area contributed by atoms with Crippen molar-refractivity contribution < 1.29 is 27.2 Å². The molecule has 0 aromatic heterocycles. The minimum Gasteiger partial charge on any atom is -0.348 e. The Kier molecular flexibility index (Phi) is 4.81. The lowest BCUT2D eigenvalue weighted by Gasteiger charge is -2.32. The lowest BCUT2D eigenvalue weighted by molar-refractivity contribution is -0.140. The van der Waals surface area contributed by atoms with Crippen molar-refractivity contribution in [2.24, 2.45) is 11.8 Å². The van der Waals surface area contributed by atoms with E-state index < -0.39 is 35.5 Å². The van der Waals surface area contributed by atoms with Crippen molar-refractivity contribution in [3.8, 4) is 0 Å². The molecule has 1 heterocycles. The highest BCUT2D eigenvalue weighted by molar-refractivity contribution is 5.89. The number of amides is 2. The fourth-order valence-electron chi connectivity index (χ4n) is 3.70. The second kappa shape index (κ2) is 7.02. The molecule has 3 aliphatic rings. The van der Waals surface area contributed by atoms with Gasteiger partial charge in [0.1, 0.15) is 5.82 Å². The average molecular weight is 399 g/mol. The van der Waals surface area contributed by atoms with Crippen LogP contribution in [0.1, 0.15) is 49.3 Å². The van der Waals surface area contributed by atoms with Crippen LogP contribution in [0.2, 0.25) is 0 Å². The molecule has 9 heteroatoms. The number of nitrogens with one attached hydrogen (secondary N) is 3. The molecule has 0 radical (unpaired) electrons. The second-order valence-corrected chi connectivity index (χ2v) is 7.87. The number of halogens is 4. The van der Waals surface area contributed by atoms with Gasteiger partial charge in [-0.2, -0.15) is 13.2 Å². The van der Waals surface area contributed by atoms with Crippen molar-refractivity contribution >= 4 is 11.8 Å². The van der Waals surface area contributed by atoms with Gasteiger partial charge in [0, 0.05) is 0 Å². The Labute approximate surface area is 159 Å². The molecule has 5 nitrogen and oxygen atoms in total. The Hall–Kier alpha value is -2.16. The zero-order valence-corrected chi connectivity index (χ0v) is 15.0. The lowest BCUT2D eigenvalue weighted by atomic mass is 9.99. The highest BCUT2D eigenvalue weighted by Gasteiger charge is 2.41. The molecule has 3 atom stereocenters. The summed E-state index contributed by atoms with van der Waals surface area (Å²) in [5, 5.41) is 8.78. The largest absolute Gasteiger partial charge is 0.419 e. The summed E-state index contributed by atoms with van der Waals surface area (Å²) in [6, 6.07) is 1.49. The zero-order chi connectivity index (χ0) is 20.1. The number of hydrogen-bond donors (Lipinski definition) is 3. The lowest BCUT2D eigenvalue weighted by Crippen LogP contribution is -2.61. The van der Waals surface area contributed by atoms with Crippen LogP contribution >= 0.6 is 0 Å². The summed E-state index contributed by atoms with van der Waals surface area (Å²) in [5.74, 6) is -1.58. The number of carbonyl (C=O) groups is 2. The highest BCUT2D eigenvalue weighted by Crippen LogP contribution is 2.42. The summed E-state index contributed by atoms with van der Waals surface area (Å²) in [5.41, 5.74) is -1.02. The van der Waals surface area contributed by atoms with Crippen molar-refractivity contribution in [1.82, 2.24) is 16.0 Å². The summed E-state index contributed by atoms with van der Waals surface area (Å²) in [7, 11) is 0. The topological polar surface area (TPSA) is 70.2 Å². The average Bonchev–Trinajstić information content (AvgIpc) is 3.50. The van der Waals surface area contributed by atoms with E-state index in [1.807, 2.05) is 0 Å². The molecule has 0 bridgehead atoms. The molecular weight excluding hydrogens is 378 g/mol. The van der Waals surface area contributed by atoms with E-state index in [0.717, 1.165) is 31.7 Å². The molecule has 4 rings (SSSR count). The summed E-state index contributed by atoms with van der Waals surface area (Å²) in [6.45, 7) is 0. The summed E-state index contributed by atoms with van der Waals surface area (Å²) < 4.78 is 52.4. The van der Waals surface area contributed by atoms with Crippen LogP contribution in [0.4, 0.5) is 17.6 Å². The second-order valence-electron chi connectivity index (χ2n) is 7.87. The van der Waals surface area contributed by atoms with Gasteiger partial charge in [0.25, 0.3) is 0 Å². The number of rotatable bonds is 5. The van der Waals surface area contributed by atoms with Crippen LogP contribution in [-0.2, 0) is 15.8 Å². The van der Waals surface area contributed by atoms with E-state index in [2.05, 4.69) is 16.0 Å². The van der Waals surface area contributed by atoms with E-state index in [0.29, 0.717) is 17.5 Å². The predicted molar refractivity (Wildman–Crippen MR) is 91.2 cm³/mol. The van der Waals surface area contributed by atoms with E-state index in [1.165, 1.54) is 6.07 Å². The third kappa shape index (κ3) is 4.14. The van der Waals surface area contributed by atoms with Gasteiger partial charge in [0.05, 0.1) is 30.2 Å². The number of carbonyl (C=O) groups excluding carboxylic acids is 2. The quantitative estimate of drug-likeness (QED) is 0.667. The molecule has 1 aromatic rings. The van der Waals surface area contributed by atoms with Gasteiger partial charge in [0.2, 0.25) is 11.8 Å². The van der Waals surface area contributed by atoms with Gasteiger partial charge in [-0.05, 0) is 55.2 Å². The van der Waals surface area contributed by atoms with Crippen LogP contribution < -0.4 is 16.0 Å². The van der Waals surface area contributed by atoms with Crippen molar-refractivity contribution in [3.05, 3.63) is 35.1 Å². The van der Waals surface area contributed by atoms with Crippen LogP contribution in [0.5, 0.6) is 0 Å². The first-order chi connectivity index (χ1) is 13.2. The van der Waals surface area contributed by atoms with Crippen LogP contribution in [0.3, 0.4) is 0 Å². The first-order valence-corrected chi connectivity index (χ1v) is 9.45. The third-order valence-corrected chi connectivity index (χ3v) is 5.55. The van der Waals surface area contributed by atoms with Gasteiger partial charge in [0.15, 0.2) is 0 Å². The Balaban J connectivity index is 1.49. The van der Waals surface area contributed by atoms with Gasteiger partial charge in [-0.25, -0.2) is 4.39 Å². The van der Waals surface area contributed by atoms with Gasteiger partial charge in [-0.1, -0.05) is 6.07 Å². The molecule has 2 aliphatic carbocycles. The predicted octanol–water partition coefficient (Wildman–Crippen LogP) is 2.63. The number of alkyl halides is 3. The maximum atomic E-state index is 14.0. The van der Waals surface area contributed by atoms with E-state index in [4.69, 9.17) is 0 Å². The van der Waals surface area contributed by atoms with Crippen molar-refractivity contribution in [2.45, 2.75) is 56.5 Å².